The standard InChI is InChI=1S/C14H24N4O/c1-6-15-13-7-10(2)16-9-12(13)14(19)17-8-11(3)18(4)5/h7,9,11H,6,8H2,1-5H3,(H,15,16)(H,17,19). The van der Waals surface area contributed by atoms with Crippen LogP contribution in [0.15, 0.2) is 12.3 Å². The van der Waals surface area contributed by atoms with Crippen LogP contribution in [-0.4, -0.2) is 49.0 Å². The van der Waals surface area contributed by atoms with Crippen LogP contribution in [0.3, 0.4) is 0 Å². The lowest BCUT2D eigenvalue weighted by Gasteiger charge is -2.20. The quantitative estimate of drug-likeness (QED) is 0.817. The SMILES string of the molecule is CCNc1cc(C)ncc1C(=O)NCC(C)N(C)C. The topological polar surface area (TPSA) is 57.3 Å². The number of aromatic nitrogens is 1. The fraction of sp³-hybridized carbons (Fsp3) is 0.571. The van der Waals surface area contributed by atoms with E-state index < -0.39 is 0 Å². The summed E-state index contributed by atoms with van der Waals surface area (Å²) in [5.74, 6) is -0.0860. The van der Waals surface area contributed by atoms with E-state index in [1.54, 1.807) is 6.20 Å². The zero-order valence-corrected chi connectivity index (χ0v) is 12.4. The van der Waals surface area contributed by atoms with Gasteiger partial charge >= 0.3 is 0 Å². The van der Waals surface area contributed by atoms with Crippen LogP contribution in [0.2, 0.25) is 0 Å². The van der Waals surface area contributed by atoms with Crippen molar-refractivity contribution in [3.63, 3.8) is 0 Å². The van der Waals surface area contributed by atoms with Crippen molar-refractivity contribution in [3.8, 4) is 0 Å². The molecule has 0 radical (unpaired) electrons. The molecule has 1 amide bonds. The number of carbonyl (C=O) groups excluding carboxylic acids is 1. The van der Waals surface area contributed by atoms with Gasteiger partial charge in [0.2, 0.25) is 0 Å². The molecule has 2 N–H and O–H groups in total. The monoisotopic (exact) mass is 264 g/mol. The van der Waals surface area contributed by atoms with E-state index in [-0.39, 0.29) is 5.91 Å². The molecular formula is C14H24N4O. The van der Waals surface area contributed by atoms with Crippen molar-refractivity contribution in [3.05, 3.63) is 23.5 Å². The lowest BCUT2D eigenvalue weighted by molar-refractivity contribution is 0.0944. The first-order chi connectivity index (χ1) is 8.95. The first-order valence-corrected chi connectivity index (χ1v) is 6.60. The van der Waals surface area contributed by atoms with E-state index in [0.29, 0.717) is 18.2 Å². The molecule has 5 nitrogen and oxygen atoms in total. The minimum Gasteiger partial charge on any atom is -0.385 e. The number of anilines is 1. The third-order valence-corrected chi connectivity index (χ3v) is 3.09. The molecule has 0 saturated heterocycles. The molecular weight excluding hydrogens is 240 g/mol. The summed E-state index contributed by atoms with van der Waals surface area (Å²) in [5, 5.41) is 6.13. The normalized spacial score (nSPS) is 12.3. The maximum Gasteiger partial charge on any atom is 0.255 e. The molecule has 0 aromatic carbocycles. The fourth-order valence-corrected chi connectivity index (χ4v) is 1.60. The molecule has 1 heterocycles. The Hall–Kier alpha value is -1.62. The molecule has 1 rings (SSSR count). The van der Waals surface area contributed by atoms with Gasteiger partial charge in [0.25, 0.3) is 5.91 Å². The third-order valence-electron chi connectivity index (χ3n) is 3.09. The van der Waals surface area contributed by atoms with Gasteiger partial charge in [0.05, 0.1) is 11.3 Å². The van der Waals surface area contributed by atoms with E-state index in [1.807, 2.05) is 34.0 Å². The van der Waals surface area contributed by atoms with Crippen LogP contribution in [0.1, 0.15) is 29.9 Å². The number of aryl methyl sites for hydroxylation is 1. The Morgan fingerprint density at radius 3 is 2.74 bits per heavy atom. The predicted molar refractivity (Wildman–Crippen MR) is 78.6 cm³/mol. The summed E-state index contributed by atoms with van der Waals surface area (Å²) >= 11 is 0. The molecule has 5 heteroatoms. The average molecular weight is 264 g/mol. The largest absolute Gasteiger partial charge is 0.385 e. The second kappa shape index (κ2) is 7.09. The molecule has 0 bridgehead atoms. The van der Waals surface area contributed by atoms with Crippen molar-refractivity contribution in [1.82, 2.24) is 15.2 Å². The van der Waals surface area contributed by atoms with E-state index in [9.17, 15) is 4.79 Å². The first kappa shape index (κ1) is 15.4. The van der Waals surface area contributed by atoms with Crippen LogP contribution >= 0.6 is 0 Å². The van der Waals surface area contributed by atoms with Gasteiger partial charge < -0.3 is 15.5 Å². The van der Waals surface area contributed by atoms with Gasteiger partial charge in [-0.05, 0) is 40.9 Å². The van der Waals surface area contributed by atoms with Crippen molar-refractivity contribution < 1.29 is 4.79 Å². The Morgan fingerprint density at radius 1 is 1.47 bits per heavy atom. The fourth-order valence-electron chi connectivity index (χ4n) is 1.60. The van der Waals surface area contributed by atoms with Gasteiger partial charge in [0.1, 0.15) is 0 Å². The second-order valence-electron chi connectivity index (χ2n) is 4.92. The summed E-state index contributed by atoms with van der Waals surface area (Å²) in [4.78, 5) is 18.4. The minimum absolute atomic E-state index is 0.0860. The minimum atomic E-state index is -0.0860. The number of carbonyl (C=O) groups is 1. The summed E-state index contributed by atoms with van der Waals surface area (Å²) < 4.78 is 0. The molecule has 0 aliphatic heterocycles. The Labute approximate surface area is 115 Å². The maximum absolute atomic E-state index is 12.2. The summed E-state index contributed by atoms with van der Waals surface area (Å²) in [7, 11) is 3.99. The highest BCUT2D eigenvalue weighted by atomic mass is 16.1. The molecule has 106 valence electrons. The smallest absolute Gasteiger partial charge is 0.255 e. The van der Waals surface area contributed by atoms with E-state index in [2.05, 4.69) is 27.4 Å². The lowest BCUT2D eigenvalue weighted by Crippen LogP contribution is -2.38. The van der Waals surface area contributed by atoms with Gasteiger partial charge in [-0.15, -0.1) is 0 Å². The van der Waals surface area contributed by atoms with Crippen molar-refractivity contribution in [1.29, 1.82) is 0 Å². The highest BCUT2D eigenvalue weighted by Gasteiger charge is 2.13. The molecule has 1 aromatic heterocycles. The number of nitrogens with one attached hydrogen (secondary N) is 2. The summed E-state index contributed by atoms with van der Waals surface area (Å²) in [6.07, 6.45) is 1.63. The highest BCUT2D eigenvalue weighted by Crippen LogP contribution is 2.15. The molecule has 1 unspecified atom stereocenters. The first-order valence-electron chi connectivity index (χ1n) is 6.60. The van der Waals surface area contributed by atoms with Crippen LogP contribution in [0.4, 0.5) is 5.69 Å². The zero-order valence-electron chi connectivity index (χ0n) is 12.4. The molecule has 1 atom stereocenters. The molecule has 19 heavy (non-hydrogen) atoms. The Morgan fingerprint density at radius 2 is 2.16 bits per heavy atom. The van der Waals surface area contributed by atoms with Crippen molar-refractivity contribution in [2.24, 2.45) is 0 Å². The summed E-state index contributed by atoms with van der Waals surface area (Å²) in [6, 6.07) is 2.19. The van der Waals surface area contributed by atoms with Gasteiger partial charge in [-0.25, -0.2) is 0 Å². The number of rotatable bonds is 6. The summed E-state index contributed by atoms with van der Waals surface area (Å²) in [6.45, 7) is 7.38. The van der Waals surface area contributed by atoms with Crippen molar-refractivity contribution >= 4 is 11.6 Å². The number of hydrogen-bond acceptors (Lipinski definition) is 4. The number of pyridine rings is 1. The highest BCUT2D eigenvalue weighted by molar-refractivity contribution is 5.99. The molecule has 0 aliphatic rings. The molecule has 0 fully saturated rings. The van der Waals surface area contributed by atoms with E-state index in [1.165, 1.54) is 0 Å². The van der Waals surface area contributed by atoms with Crippen LogP contribution in [0, 0.1) is 6.92 Å². The predicted octanol–water partition coefficient (Wildman–Crippen LogP) is 1.50. The van der Waals surface area contributed by atoms with Gasteiger partial charge in [0, 0.05) is 31.0 Å². The Bertz CT molecular complexity index is 431. The molecule has 1 aromatic rings. The van der Waals surface area contributed by atoms with Crippen LogP contribution in [-0.2, 0) is 0 Å². The van der Waals surface area contributed by atoms with E-state index in [0.717, 1.165) is 17.9 Å². The maximum atomic E-state index is 12.2. The van der Waals surface area contributed by atoms with Crippen molar-refractivity contribution in [2.45, 2.75) is 26.8 Å². The van der Waals surface area contributed by atoms with Gasteiger partial charge in [0.15, 0.2) is 0 Å². The van der Waals surface area contributed by atoms with E-state index >= 15 is 0 Å². The number of nitrogens with zero attached hydrogens (tertiary/aromatic N) is 2. The third kappa shape index (κ3) is 4.52. The average Bonchev–Trinajstić information content (AvgIpc) is 2.36. The zero-order chi connectivity index (χ0) is 14.4. The Kier molecular flexibility index (Phi) is 5.76. The van der Waals surface area contributed by atoms with Gasteiger partial charge in [-0.3, -0.25) is 9.78 Å². The van der Waals surface area contributed by atoms with Crippen LogP contribution < -0.4 is 10.6 Å². The molecule has 0 aliphatic carbocycles. The van der Waals surface area contributed by atoms with Gasteiger partial charge in [-0.2, -0.15) is 0 Å². The molecule has 0 saturated carbocycles. The van der Waals surface area contributed by atoms with Gasteiger partial charge in [-0.1, -0.05) is 0 Å². The van der Waals surface area contributed by atoms with E-state index in [4.69, 9.17) is 0 Å². The number of likely N-dealkylation sites (N-methyl/N-ethyl adjacent to an activating group) is 1. The second-order valence-corrected chi connectivity index (χ2v) is 4.92. The van der Waals surface area contributed by atoms with Crippen molar-refractivity contribution in [2.75, 3.05) is 32.5 Å². The van der Waals surface area contributed by atoms with Crippen LogP contribution in [0.25, 0.3) is 0 Å². The Balaban J connectivity index is 2.76. The number of hydrogen-bond donors (Lipinski definition) is 2. The molecule has 0 spiro atoms. The number of amides is 1. The van der Waals surface area contributed by atoms with Crippen LogP contribution in [0.5, 0.6) is 0 Å². The lowest BCUT2D eigenvalue weighted by atomic mass is 10.2. The summed E-state index contributed by atoms with van der Waals surface area (Å²) in [5.41, 5.74) is 2.33.